The molecule has 0 atom stereocenters. The Morgan fingerprint density at radius 2 is 1.67 bits per heavy atom. The smallest absolute Gasteiger partial charge is 0.314 e. The van der Waals surface area contributed by atoms with Crippen molar-refractivity contribution in [2.75, 3.05) is 32.8 Å². The molecule has 1 saturated heterocycles. The minimum absolute atomic E-state index is 0.103. The van der Waals surface area contributed by atoms with E-state index in [-0.39, 0.29) is 29.6 Å². The fourth-order valence-electron chi connectivity index (χ4n) is 3.71. The standard InChI is InChI=1S/C23H28FN3O3/c24-20-8-4-5-18(15-20)16-21(28)25-11-12-26-22(29)27-17-23(9-13-30-14-10-23)19-6-2-1-3-7-19/h1-8,15H,9-14,16-17H2,(H,25,28)(H2,26,27,29). The first-order chi connectivity index (χ1) is 14.6. The van der Waals surface area contributed by atoms with Crippen LogP contribution in [-0.2, 0) is 21.4 Å². The molecule has 0 spiro atoms. The number of halogens is 1. The van der Waals surface area contributed by atoms with Gasteiger partial charge >= 0.3 is 6.03 Å². The van der Waals surface area contributed by atoms with Crippen LogP contribution in [0.15, 0.2) is 54.6 Å². The molecule has 1 heterocycles. The van der Waals surface area contributed by atoms with Gasteiger partial charge < -0.3 is 20.7 Å². The van der Waals surface area contributed by atoms with E-state index in [0.717, 1.165) is 12.8 Å². The van der Waals surface area contributed by atoms with Crippen LogP contribution >= 0.6 is 0 Å². The fraction of sp³-hybridized carbons (Fsp3) is 0.391. The zero-order valence-corrected chi connectivity index (χ0v) is 17.0. The predicted octanol–water partition coefficient (Wildman–Crippen LogP) is 2.53. The van der Waals surface area contributed by atoms with Crippen LogP contribution in [-0.4, -0.2) is 44.8 Å². The van der Waals surface area contributed by atoms with Crippen LogP contribution in [0.2, 0.25) is 0 Å². The zero-order valence-electron chi connectivity index (χ0n) is 17.0. The number of hydrogen-bond donors (Lipinski definition) is 3. The third kappa shape index (κ3) is 6.29. The molecule has 0 aliphatic carbocycles. The second kappa shape index (κ2) is 10.7. The lowest BCUT2D eigenvalue weighted by molar-refractivity contribution is -0.120. The van der Waals surface area contributed by atoms with E-state index in [4.69, 9.17) is 4.74 Å². The maximum Gasteiger partial charge on any atom is 0.314 e. The normalized spacial score (nSPS) is 15.2. The van der Waals surface area contributed by atoms with Gasteiger partial charge in [0.05, 0.1) is 6.42 Å². The molecule has 2 aromatic carbocycles. The van der Waals surface area contributed by atoms with Crippen LogP contribution in [0.25, 0.3) is 0 Å². The third-order valence-corrected chi connectivity index (χ3v) is 5.41. The van der Waals surface area contributed by atoms with Gasteiger partial charge in [0.2, 0.25) is 5.91 Å². The highest BCUT2D eigenvalue weighted by Crippen LogP contribution is 2.34. The van der Waals surface area contributed by atoms with Crippen LogP contribution in [0.4, 0.5) is 9.18 Å². The first-order valence-electron chi connectivity index (χ1n) is 10.2. The van der Waals surface area contributed by atoms with Crippen molar-refractivity contribution in [2.45, 2.75) is 24.7 Å². The van der Waals surface area contributed by atoms with Crippen LogP contribution in [0.5, 0.6) is 0 Å². The lowest BCUT2D eigenvalue weighted by atomic mass is 9.74. The molecule has 6 nitrogen and oxygen atoms in total. The lowest BCUT2D eigenvalue weighted by Gasteiger charge is -2.38. The maximum atomic E-state index is 13.2. The lowest BCUT2D eigenvalue weighted by Crippen LogP contribution is -2.48. The molecule has 1 aliphatic rings. The van der Waals surface area contributed by atoms with Crippen molar-refractivity contribution < 1.29 is 18.7 Å². The van der Waals surface area contributed by atoms with Gasteiger partial charge in [-0.3, -0.25) is 4.79 Å². The van der Waals surface area contributed by atoms with E-state index in [1.54, 1.807) is 12.1 Å². The number of carbonyl (C=O) groups excluding carboxylic acids is 2. The summed E-state index contributed by atoms with van der Waals surface area (Å²) in [5.41, 5.74) is 1.69. The molecule has 0 bridgehead atoms. The number of hydrogen-bond acceptors (Lipinski definition) is 3. The molecule has 1 fully saturated rings. The summed E-state index contributed by atoms with van der Waals surface area (Å²) in [6, 6.07) is 15.9. The molecule has 160 valence electrons. The van der Waals surface area contributed by atoms with E-state index in [1.807, 2.05) is 18.2 Å². The van der Waals surface area contributed by atoms with E-state index in [2.05, 4.69) is 28.1 Å². The number of carbonyl (C=O) groups is 2. The average Bonchev–Trinajstić information content (AvgIpc) is 2.77. The number of amides is 3. The van der Waals surface area contributed by atoms with E-state index in [9.17, 15) is 14.0 Å². The molecule has 2 aromatic rings. The van der Waals surface area contributed by atoms with Gasteiger partial charge in [-0.15, -0.1) is 0 Å². The molecule has 0 saturated carbocycles. The molecule has 3 N–H and O–H groups in total. The van der Waals surface area contributed by atoms with Crippen molar-refractivity contribution in [2.24, 2.45) is 0 Å². The second-order valence-corrected chi connectivity index (χ2v) is 7.52. The van der Waals surface area contributed by atoms with E-state index < -0.39 is 0 Å². The highest BCUT2D eigenvalue weighted by atomic mass is 19.1. The quantitative estimate of drug-likeness (QED) is 0.582. The molecule has 0 radical (unpaired) electrons. The molecule has 3 rings (SSSR count). The molecule has 3 amide bonds. The first kappa shape index (κ1) is 21.8. The Balaban J connectivity index is 1.39. The summed E-state index contributed by atoms with van der Waals surface area (Å²) in [4.78, 5) is 24.2. The van der Waals surface area contributed by atoms with Gasteiger partial charge in [0.25, 0.3) is 0 Å². The Hall–Kier alpha value is -2.93. The van der Waals surface area contributed by atoms with Crippen LogP contribution in [0.1, 0.15) is 24.0 Å². The van der Waals surface area contributed by atoms with Crippen LogP contribution in [0.3, 0.4) is 0 Å². The van der Waals surface area contributed by atoms with Gasteiger partial charge in [0, 0.05) is 38.3 Å². The maximum absolute atomic E-state index is 13.2. The van der Waals surface area contributed by atoms with Crippen molar-refractivity contribution in [1.82, 2.24) is 16.0 Å². The molecular weight excluding hydrogens is 385 g/mol. The van der Waals surface area contributed by atoms with E-state index in [0.29, 0.717) is 38.4 Å². The largest absolute Gasteiger partial charge is 0.381 e. The van der Waals surface area contributed by atoms with Crippen molar-refractivity contribution >= 4 is 11.9 Å². The van der Waals surface area contributed by atoms with Crippen LogP contribution < -0.4 is 16.0 Å². The molecule has 1 aliphatic heterocycles. The summed E-state index contributed by atoms with van der Waals surface area (Å²) in [5, 5.41) is 8.45. The van der Waals surface area contributed by atoms with Crippen molar-refractivity contribution in [3.8, 4) is 0 Å². The summed E-state index contributed by atoms with van der Waals surface area (Å²) in [6.07, 6.45) is 1.81. The Labute approximate surface area is 176 Å². The number of ether oxygens (including phenoxy) is 1. The summed E-state index contributed by atoms with van der Waals surface area (Å²) in [7, 11) is 0. The Kier molecular flexibility index (Phi) is 7.79. The second-order valence-electron chi connectivity index (χ2n) is 7.52. The highest BCUT2D eigenvalue weighted by Gasteiger charge is 2.34. The summed E-state index contributed by atoms with van der Waals surface area (Å²) in [5.74, 6) is -0.579. The van der Waals surface area contributed by atoms with Gasteiger partial charge in [-0.1, -0.05) is 42.5 Å². The van der Waals surface area contributed by atoms with Gasteiger partial charge in [0.1, 0.15) is 5.82 Å². The van der Waals surface area contributed by atoms with Gasteiger partial charge in [-0.05, 0) is 36.1 Å². The predicted molar refractivity (Wildman–Crippen MR) is 113 cm³/mol. The van der Waals surface area contributed by atoms with Crippen molar-refractivity contribution in [3.63, 3.8) is 0 Å². The third-order valence-electron chi connectivity index (χ3n) is 5.41. The molecule has 30 heavy (non-hydrogen) atoms. The molecule has 7 heteroatoms. The number of benzene rings is 2. The Morgan fingerprint density at radius 3 is 2.40 bits per heavy atom. The topological polar surface area (TPSA) is 79.5 Å². The number of urea groups is 1. The SMILES string of the molecule is O=C(Cc1cccc(F)c1)NCCNC(=O)NCC1(c2ccccc2)CCOCC1. The molecule has 0 unspecified atom stereocenters. The first-order valence-corrected chi connectivity index (χ1v) is 10.2. The minimum atomic E-state index is -0.364. The number of nitrogens with one attached hydrogen (secondary N) is 3. The average molecular weight is 413 g/mol. The summed E-state index contributed by atoms with van der Waals surface area (Å²) < 4.78 is 18.7. The van der Waals surface area contributed by atoms with Gasteiger partial charge in [0.15, 0.2) is 0 Å². The van der Waals surface area contributed by atoms with E-state index in [1.165, 1.54) is 17.7 Å². The Morgan fingerprint density at radius 1 is 0.933 bits per heavy atom. The Bertz CT molecular complexity index is 839. The highest BCUT2D eigenvalue weighted by molar-refractivity contribution is 5.78. The zero-order chi connectivity index (χ0) is 21.2. The van der Waals surface area contributed by atoms with Crippen molar-refractivity contribution in [1.29, 1.82) is 0 Å². The number of rotatable bonds is 8. The molecule has 0 aromatic heterocycles. The minimum Gasteiger partial charge on any atom is -0.381 e. The van der Waals surface area contributed by atoms with E-state index >= 15 is 0 Å². The summed E-state index contributed by atoms with van der Waals surface area (Å²) >= 11 is 0. The summed E-state index contributed by atoms with van der Waals surface area (Å²) in [6.45, 7) is 2.49. The van der Waals surface area contributed by atoms with Crippen LogP contribution in [0, 0.1) is 5.82 Å². The van der Waals surface area contributed by atoms with Crippen molar-refractivity contribution in [3.05, 3.63) is 71.5 Å². The van der Waals surface area contributed by atoms with Gasteiger partial charge in [-0.2, -0.15) is 0 Å². The monoisotopic (exact) mass is 413 g/mol. The fourth-order valence-corrected chi connectivity index (χ4v) is 3.71. The van der Waals surface area contributed by atoms with Gasteiger partial charge in [-0.25, -0.2) is 9.18 Å². The molecular formula is C23H28FN3O3.